The molecular formula is C14H8S. The van der Waals surface area contributed by atoms with Gasteiger partial charge in [0.2, 0.25) is 0 Å². The molecule has 1 aromatic heterocycles. The number of terminal acetylenes is 1. The van der Waals surface area contributed by atoms with Crippen LogP contribution in [0.3, 0.4) is 0 Å². The zero-order valence-electron chi connectivity index (χ0n) is 8.03. The maximum absolute atomic E-state index is 5.49. The third-order valence-electron chi connectivity index (χ3n) is 2.56. The molecule has 1 heteroatoms. The Hall–Kier alpha value is -1.78. The number of rotatable bonds is 0. The Morgan fingerprint density at radius 2 is 1.73 bits per heavy atom. The molecular weight excluding hydrogens is 200 g/mol. The van der Waals surface area contributed by atoms with Crippen LogP contribution in [0.15, 0.2) is 42.5 Å². The van der Waals surface area contributed by atoms with Crippen LogP contribution in [0.25, 0.3) is 20.2 Å². The van der Waals surface area contributed by atoms with E-state index in [1.807, 2.05) is 12.1 Å². The van der Waals surface area contributed by atoms with Crippen LogP contribution >= 0.6 is 11.3 Å². The summed E-state index contributed by atoms with van der Waals surface area (Å²) in [6, 6.07) is 14.6. The molecule has 3 aromatic rings. The second-order valence-electron chi connectivity index (χ2n) is 3.42. The summed E-state index contributed by atoms with van der Waals surface area (Å²) in [7, 11) is 0. The Labute approximate surface area is 92.2 Å². The Kier molecular flexibility index (Phi) is 1.77. The van der Waals surface area contributed by atoms with Crippen molar-refractivity contribution in [2.75, 3.05) is 0 Å². The van der Waals surface area contributed by atoms with E-state index in [0.717, 1.165) is 5.56 Å². The molecule has 0 nitrogen and oxygen atoms in total. The highest BCUT2D eigenvalue weighted by atomic mass is 32.1. The Morgan fingerprint density at radius 1 is 0.933 bits per heavy atom. The predicted molar refractivity (Wildman–Crippen MR) is 67.3 cm³/mol. The lowest BCUT2D eigenvalue weighted by Crippen LogP contribution is -1.72. The fraction of sp³-hybridized carbons (Fsp3) is 0. The van der Waals surface area contributed by atoms with Crippen molar-refractivity contribution in [2.45, 2.75) is 0 Å². The van der Waals surface area contributed by atoms with Gasteiger partial charge in [0.25, 0.3) is 0 Å². The van der Waals surface area contributed by atoms with Crippen LogP contribution in [-0.4, -0.2) is 0 Å². The normalized spacial score (nSPS) is 10.6. The van der Waals surface area contributed by atoms with Crippen molar-refractivity contribution in [1.82, 2.24) is 0 Å². The van der Waals surface area contributed by atoms with Gasteiger partial charge in [-0.1, -0.05) is 36.3 Å². The number of thiophene rings is 1. The first-order chi connectivity index (χ1) is 7.40. The summed E-state index contributed by atoms with van der Waals surface area (Å²) < 4.78 is 2.52. The summed E-state index contributed by atoms with van der Waals surface area (Å²) in [4.78, 5) is 0. The van der Waals surface area contributed by atoms with Gasteiger partial charge in [-0.2, -0.15) is 0 Å². The molecule has 15 heavy (non-hydrogen) atoms. The highest BCUT2D eigenvalue weighted by Gasteiger charge is 2.05. The zero-order chi connectivity index (χ0) is 10.3. The van der Waals surface area contributed by atoms with Crippen LogP contribution in [0, 0.1) is 12.3 Å². The number of benzene rings is 2. The van der Waals surface area contributed by atoms with Crippen molar-refractivity contribution < 1.29 is 0 Å². The topological polar surface area (TPSA) is 0 Å². The van der Waals surface area contributed by atoms with Crippen LogP contribution in [-0.2, 0) is 0 Å². The van der Waals surface area contributed by atoms with E-state index in [1.54, 1.807) is 11.3 Å². The fourth-order valence-corrected chi connectivity index (χ4v) is 3.04. The molecule has 0 saturated heterocycles. The zero-order valence-corrected chi connectivity index (χ0v) is 8.84. The smallest absolute Gasteiger partial charge is 0.0511 e. The van der Waals surface area contributed by atoms with Gasteiger partial charge < -0.3 is 0 Å². The third-order valence-corrected chi connectivity index (χ3v) is 3.78. The molecule has 0 aliphatic rings. The van der Waals surface area contributed by atoms with E-state index < -0.39 is 0 Å². The summed E-state index contributed by atoms with van der Waals surface area (Å²) in [6.45, 7) is 0. The molecule has 0 amide bonds. The van der Waals surface area contributed by atoms with Crippen molar-refractivity contribution in [1.29, 1.82) is 0 Å². The lowest BCUT2D eigenvalue weighted by Gasteiger charge is -1.92. The lowest BCUT2D eigenvalue weighted by atomic mass is 10.1. The maximum Gasteiger partial charge on any atom is 0.0511 e. The molecule has 0 atom stereocenters. The van der Waals surface area contributed by atoms with Crippen molar-refractivity contribution >= 4 is 31.5 Å². The summed E-state index contributed by atoms with van der Waals surface area (Å²) in [5, 5.41) is 2.57. The Bertz CT molecular complexity index is 683. The first-order valence-electron chi connectivity index (χ1n) is 4.77. The van der Waals surface area contributed by atoms with Crippen LogP contribution in [0.4, 0.5) is 0 Å². The number of hydrogen-bond acceptors (Lipinski definition) is 1. The standard InChI is InChI=1S/C14H8S/c1-2-10-6-5-8-12-11-7-3-4-9-13(11)15-14(10)12/h1,3-9H. The third kappa shape index (κ3) is 1.16. The van der Waals surface area contributed by atoms with Gasteiger partial charge in [0.05, 0.1) is 4.70 Å². The molecule has 0 radical (unpaired) electrons. The summed E-state index contributed by atoms with van der Waals surface area (Å²) in [5.74, 6) is 2.74. The lowest BCUT2D eigenvalue weighted by molar-refractivity contribution is 1.79. The van der Waals surface area contributed by atoms with Crippen molar-refractivity contribution in [3.8, 4) is 12.3 Å². The minimum Gasteiger partial charge on any atom is -0.134 e. The van der Waals surface area contributed by atoms with E-state index in [9.17, 15) is 0 Å². The van der Waals surface area contributed by atoms with Crippen molar-refractivity contribution in [2.24, 2.45) is 0 Å². The molecule has 0 unspecified atom stereocenters. The largest absolute Gasteiger partial charge is 0.134 e. The second-order valence-corrected chi connectivity index (χ2v) is 4.48. The molecule has 3 rings (SSSR count). The average molecular weight is 208 g/mol. The molecule has 70 valence electrons. The monoisotopic (exact) mass is 208 g/mol. The molecule has 0 N–H and O–H groups in total. The second kappa shape index (κ2) is 3.12. The van der Waals surface area contributed by atoms with Crippen LogP contribution in [0.1, 0.15) is 5.56 Å². The van der Waals surface area contributed by atoms with Gasteiger partial charge in [-0.25, -0.2) is 0 Å². The van der Waals surface area contributed by atoms with Crippen LogP contribution in [0.2, 0.25) is 0 Å². The fourth-order valence-electron chi connectivity index (χ4n) is 1.86. The maximum atomic E-state index is 5.49. The van der Waals surface area contributed by atoms with Crippen molar-refractivity contribution in [3.05, 3.63) is 48.0 Å². The molecule has 0 saturated carbocycles. The summed E-state index contributed by atoms with van der Waals surface area (Å²) >= 11 is 1.77. The minimum absolute atomic E-state index is 0.994. The van der Waals surface area contributed by atoms with Gasteiger partial charge in [-0.05, 0) is 12.1 Å². The first kappa shape index (κ1) is 8.52. The summed E-state index contributed by atoms with van der Waals surface area (Å²) in [6.07, 6.45) is 5.49. The predicted octanol–water partition coefficient (Wildman–Crippen LogP) is 4.04. The van der Waals surface area contributed by atoms with Gasteiger partial charge in [0.1, 0.15) is 0 Å². The van der Waals surface area contributed by atoms with Crippen molar-refractivity contribution in [3.63, 3.8) is 0 Å². The van der Waals surface area contributed by atoms with E-state index in [-0.39, 0.29) is 0 Å². The number of hydrogen-bond donors (Lipinski definition) is 0. The van der Waals surface area contributed by atoms with E-state index in [0.29, 0.717) is 0 Å². The Morgan fingerprint density at radius 3 is 2.60 bits per heavy atom. The molecule has 0 aliphatic carbocycles. The molecule has 0 bridgehead atoms. The molecule has 1 heterocycles. The quantitative estimate of drug-likeness (QED) is 0.489. The SMILES string of the molecule is C#Cc1cccc2c1sc1ccccc12. The van der Waals surface area contributed by atoms with E-state index in [1.165, 1.54) is 20.2 Å². The van der Waals surface area contributed by atoms with Crippen LogP contribution in [0.5, 0.6) is 0 Å². The Balaban J connectivity index is 2.61. The van der Waals surface area contributed by atoms with E-state index in [4.69, 9.17) is 6.42 Å². The van der Waals surface area contributed by atoms with Gasteiger partial charge >= 0.3 is 0 Å². The molecule has 2 aromatic carbocycles. The van der Waals surface area contributed by atoms with Gasteiger partial charge in [-0.15, -0.1) is 17.8 Å². The molecule has 0 aliphatic heterocycles. The highest BCUT2D eigenvalue weighted by Crippen LogP contribution is 2.35. The van der Waals surface area contributed by atoms with E-state index >= 15 is 0 Å². The molecule has 0 fully saturated rings. The summed E-state index contributed by atoms with van der Waals surface area (Å²) in [5.41, 5.74) is 0.994. The first-order valence-corrected chi connectivity index (χ1v) is 5.58. The molecule has 0 spiro atoms. The van der Waals surface area contributed by atoms with Crippen LogP contribution < -0.4 is 0 Å². The van der Waals surface area contributed by atoms with Gasteiger partial charge in [0, 0.05) is 21.0 Å². The number of fused-ring (bicyclic) bond motifs is 3. The average Bonchev–Trinajstić information content (AvgIpc) is 2.67. The minimum atomic E-state index is 0.994. The highest BCUT2D eigenvalue weighted by molar-refractivity contribution is 7.26. The van der Waals surface area contributed by atoms with E-state index in [2.05, 4.69) is 36.3 Å². The van der Waals surface area contributed by atoms with Gasteiger partial charge in [-0.3, -0.25) is 0 Å². The van der Waals surface area contributed by atoms with Gasteiger partial charge in [0.15, 0.2) is 0 Å².